The van der Waals surface area contributed by atoms with E-state index in [0.29, 0.717) is 6.07 Å². The number of nitro benzene ring substituents is 1. The van der Waals surface area contributed by atoms with E-state index in [2.05, 4.69) is 9.47 Å². The van der Waals surface area contributed by atoms with Gasteiger partial charge in [0.25, 0.3) is 5.69 Å². The summed E-state index contributed by atoms with van der Waals surface area (Å²) in [4.78, 5) is 20.9. The molecule has 0 aliphatic carbocycles. The molecule has 6 nitrogen and oxygen atoms in total. The van der Waals surface area contributed by atoms with Crippen LogP contribution in [-0.2, 0) is 16.0 Å². The number of hydrogen-bond acceptors (Lipinski definition) is 5. The first-order chi connectivity index (χ1) is 9.23. The van der Waals surface area contributed by atoms with Crippen LogP contribution in [0, 0.1) is 10.1 Å². The van der Waals surface area contributed by atoms with Crippen LogP contribution >= 0.6 is 0 Å². The molecule has 0 saturated carbocycles. The molecule has 20 heavy (non-hydrogen) atoms. The maximum Gasteiger partial charge on any atom is 0.573 e. The highest BCUT2D eigenvalue weighted by Crippen LogP contribution is 2.30. The van der Waals surface area contributed by atoms with E-state index in [4.69, 9.17) is 0 Å². The number of alkyl halides is 3. The average molecular weight is 293 g/mol. The van der Waals surface area contributed by atoms with Crippen molar-refractivity contribution < 1.29 is 32.4 Å². The van der Waals surface area contributed by atoms with Crippen molar-refractivity contribution in [2.75, 3.05) is 6.61 Å². The maximum absolute atomic E-state index is 12.2. The Morgan fingerprint density at radius 1 is 1.40 bits per heavy atom. The smallest absolute Gasteiger partial charge is 0.466 e. The summed E-state index contributed by atoms with van der Waals surface area (Å²) in [6.45, 7) is 1.61. The first kappa shape index (κ1) is 15.7. The Morgan fingerprint density at radius 2 is 2.05 bits per heavy atom. The summed E-state index contributed by atoms with van der Waals surface area (Å²) in [5.41, 5.74) is -0.719. The summed E-state index contributed by atoms with van der Waals surface area (Å²) < 4.78 is 45.0. The molecule has 0 aliphatic rings. The predicted molar refractivity (Wildman–Crippen MR) is 60.1 cm³/mol. The molecule has 1 aromatic carbocycles. The number of nitrogens with zero attached hydrogens (tertiary/aromatic N) is 1. The molecule has 1 rings (SSSR count). The van der Waals surface area contributed by atoms with E-state index >= 15 is 0 Å². The molecule has 0 heterocycles. The van der Waals surface area contributed by atoms with Gasteiger partial charge in [-0.25, -0.2) is 0 Å². The van der Waals surface area contributed by atoms with E-state index in [9.17, 15) is 28.1 Å². The molecule has 0 fully saturated rings. The van der Waals surface area contributed by atoms with Crippen LogP contribution in [0.3, 0.4) is 0 Å². The highest BCUT2D eigenvalue weighted by Gasteiger charge is 2.33. The van der Waals surface area contributed by atoms with Crippen molar-refractivity contribution in [2.24, 2.45) is 0 Å². The number of benzene rings is 1. The normalized spacial score (nSPS) is 11.0. The van der Waals surface area contributed by atoms with Gasteiger partial charge in [-0.2, -0.15) is 0 Å². The largest absolute Gasteiger partial charge is 0.573 e. The number of esters is 1. The van der Waals surface area contributed by atoms with E-state index in [1.165, 1.54) is 0 Å². The number of carbonyl (C=O) groups excluding carboxylic acids is 1. The van der Waals surface area contributed by atoms with Crippen LogP contribution in [0.4, 0.5) is 18.9 Å². The monoisotopic (exact) mass is 293 g/mol. The van der Waals surface area contributed by atoms with Gasteiger partial charge < -0.3 is 9.47 Å². The lowest BCUT2D eigenvalue weighted by Gasteiger charge is -2.12. The lowest BCUT2D eigenvalue weighted by molar-refractivity contribution is -0.385. The average Bonchev–Trinajstić information content (AvgIpc) is 2.29. The zero-order valence-electron chi connectivity index (χ0n) is 10.3. The number of rotatable bonds is 5. The van der Waals surface area contributed by atoms with Gasteiger partial charge in [-0.3, -0.25) is 14.9 Å². The highest BCUT2D eigenvalue weighted by molar-refractivity contribution is 5.73. The molecule has 0 bridgehead atoms. The van der Waals surface area contributed by atoms with Crippen molar-refractivity contribution in [1.29, 1.82) is 0 Å². The minimum Gasteiger partial charge on any atom is -0.466 e. The summed E-state index contributed by atoms with van der Waals surface area (Å²) in [7, 11) is 0. The molecular formula is C11H10F3NO5. The van der Waals surface area contributed by atoms with Gasteiger partial charge in [-0.1, -0.05) is 0 Å². The van der Waals surface area contributed by atoms with Crippen LogP contribution < -0.4 is 4.74 Å². The standard InChI is InChI=1S/C11H10F3NO5/c1-2-19-10(16)5-7-3-4-8(15(17)18)6-9(7)20-11(12,13)14/h3-4,6H,2,5H2,1H3. The number of non-ortho nitro benzene ring substituents is 1. The summed E-state index contributed by atoms with van der Waals surface area (Å²) in [5.74, 6) is -1.55. The van der Waals surface area contributed by atoms with E-state index in [1.807, 2.05) is 0 Å². The molecule has 9 heteroatoms. The Morgan fingerprint density at radius 3 is 2.55 bits per heavy atom. The Balaban J connectivity index is 3.08. The van der Waals surface area contributed by atoms with Crippen molar-refractivity contribution in [3.05, 3.63) is 33.9 Å². The highest BCUT2D eigenvalue weighted by atomic mass is 19.4. The van der Waals surface area contributed by atoms with Gasteiger partial charge in [0.1, 0.15) is 5.75 Å². The van der Waals surface area contributed by atoms with Crippen molar-refractivity contribution in [1.82, 2.24) is 0 Å². The van der Waals surface area contributed by atoms with Gasteiger partial charge in [0.2, 0.25) is 0 Å². The number of hydrogen-bond donors (Lipinski definition) is 0. The third-order valence-corrected chi connectivity index (χ3v) is 2.13. The molecule has 0 radical (unpaired) electrons. The first-order valence-electron chi connectivity index (χ1n) is 5.41. The Bertz CT molecular complexity index is 515. The van der Waals surface area contributed by atoms with Crippen molar-refractivity contribution in [3.8, 4) is 5.75 Å². The number of ether oxygens (including phenoxy) is 2. The van der Waals surface area contributed by atoms with Crippen molar-refractivity contribution >= 4 is 11.7 Å². The van der Waals surface area contributed by atoms with Crippen molar-refractivity contribution in [3.63, 3.8) is 0 Å². The maximum atomic E-state index is 12.2. The molecule has 0 N–H and O–H groups in total. The minimum absolute atomic E-state index is 0.0707. The summed E-state index contributed by atoms with van der Waals surface area (Å²) >= 11 is 0. The third-order valence-electron chi connectivity index (χ3n) is 2.13. The van der Waals surface area contributed by atoms with E-state index in [-0.39, 0.29) is 12.2 Å². The van der Waals surface area contributed by atoms with Crippen LogP contribution in [0.15, 0.2) is 18.2 Å². The van der Waals surface area contributed by atoms with Crippen LogP contribution in [0.5, 0.6) is 5.75 Å². The molecule has 0 aliphatic heterocycles. The first-order valence-corrected chi connectivity index (χ1v) is 5.41. The number of halogens is 3. The van der Waals surface area contributed by atoms with Gasteiger partial charge in [-0.05, 0) is 13.0 Å². The zero-order chi connectivity index (χ0) is 15.3. The fraction of sp³-hybridized carbons (Fsp3) is 0.364. The third kappa shape index (κ3) is 4.75. The summed E-state index contributed by atoms with van der Waals surface area (Å²) in [6, 6.07) is 2.62. The topological polar surface area (TPSA) is 78.7 Å². The molecule has 0 spiro atoms. The van der Waals surface area contributed by atoms with E-state index < -0.39 is 35.1 Å². The quantitative estimate of drug-likeness (QED) is 0.473. The Kier molecular flexibility index (Phi) is 4.89. The second-order valence-corrected chi connectivity index (χ2v) is 3.58. The van der Waals surface area contributed by atoms with E-state index in [1.54, 1.807) is 6.92 Å². The molecule has 1 aromatic rings. The van der Waals surface area contributed by atoms with Gasteiger partial charge in [0.05, 0.1) is 24.0 Å². The molecule has 0 atom stereocenters. The molecule has 0 amide bonds. The fourth-order valence-corrected chi connectivity index (χ4v) is 1.39. The molecule has 0 aromatic heterocycles. The van der Waals surface area contributed by atoms with E-state index in [0.717, 1.165) is 12.1 Å². The predicted octanol–water partition coefficient (Wildman–Crippen LogP) is 2.60. The molecular weight excluding hydrogens is 283 g/mol. The summed E-state index contributed by atoms with van der Waals surface area (Å²) in [5, 5.41) is 10.5. The number of nitro groups is 1. The van der Waals surface area contributed by atoms with Gasteiger partial charge in [0, 0.05) is 11.6 Å². The zero-order valence-corrected chi connectivity index (χ0v) is 10.3. The summed E-state index contributed by atoms with van der Waals surface area (Å²) in [6.07, 6.45) is -5.49. The van der Waals surface area contributed by atoms with Crippen LogP contribution in [-0.4, -0.2) is 23.9 Å². The van der Waals surface area contributed by atoms with Gasteiger partial charge in [-0.15, -0.1) is 13.2 Å². The van der Waals surface area contributed by atoms with Crippen LogP contribution in [0.1, 0.15) is 12.5 Å². The van der Waals surface area contributed by atoms with Gasteiger partial charge >= 0.3 is 12.3 Å². The SMILES string of the molecule is CCOC(=O)Cc1ccc([N+](=O)[O-])cc1OC(F)(F)F. The number of carbonyl (C=O) groups is 1. The molecule has 110 valence electrons. The lowest BCUT2D eigenvalue weighted by Crippen LogP contribution is -2.19. The Labute approximate surface area is 111 Å². The minimum atomic E-state index is -5.02. The Hall–Kier alpha value is -2.32. The van der Waals surface area contributed by atoms with Gasteiger partial charge in [0.15, 0.2) is 0 Å². The lowest BCUT2D eigenvalue weighted by atomic mass is 10.1. The molecule has 0 saturated heterocycles. The second-order valence-electron chi connectivity index (χ2n) is 3.58. The van der Waals surface area contributed by atoms with Crippen molar-refractivity contribution in [2.45, 2.75) is 19.7 Å². The van der Waals surface area contributed by atoms with Crippen LogP contribution in [0.25, 0.3) is 0 Å². The molecule has 0 unspecified atom stereocenters. The fourth-order valence-electron chi connectivity index (χ4n) is 1.39. The second kappa shape index (κ2) is 6.22. The van der Waals surface area contributed by atoms with Crippen LogP contribution in [0.2, 0.25) is 0 Å².